The number of likely N-dealkylation sites (N-methyl/N-ethyl adjacent to an activating group) is 1. The van der Waals surface area contributed by atoms with E-state index in [9.17, 15) is 0 Å². The van der Waals surface area contributed by atoms with E-state index in [1.165, 1.54) is 23.6 Å². The topological polar surface area (TPSA) is 21.1 Å². The summed E-state index contributed by atoms with van der Waals surface area (Å²) in [6.07, 6.45) is 0. The Hall–Kier alpha value is -0.860. The standard InChI is InChI=1S/C11H18N2/c1-13(2)9-8-12-10-11-6-4-3-5-7-11/h3-7,12H,8-10H2,1-2H3/p+2. The molecule has 0 saturated carbocycles. The lowest BCUT2D eigenvalue weighted by molar-refractivity contribution is -0.875. The second-order valence-electron chi connectivity index (χ2n) is 3.72. The Balaban J connectivity index is 2.13. The summed E-state index contributed by atoms with van der Waals surface area (Å²) in [6, 6.07) is 10.6. The van der Waals surface area contributed by atoms with Crippen molar-refractivity contribution in [1.29, 1.82) is 0 Å². The minimum atomic E-state index is 1.11. The molecule has 0 aliphatic carbocycles. The van der Waals surface area contributed by atoms with Gasteiger partial charge in [-0.05, 0) is 0 Å². The molecular weight excluding hydrogens is 160 g/mol. The average molecular weight is 180 g/mol. The summed E-state index contributed by atoms with van der Waals surface area (Å²) < 4.78 is 0. The molecule has 0 radical (unpaired) electrons. The predicted molar refractivity (Wildman–Crippen MR) is 54.6 cm³/mol. The molecule has 0 amide bonds. The molecule has 2 heteroatoms. The van der Waals surface area contributed by atoms with E-state index in [1.807, 2.05) is 0 Å². The molecular formula is C11H20N2+2. The van der Waals surface area contributed by atoms with E-state index in [0.717, 1.165) is 6.54 Å². The minimum Gasteiger partial charge on any atom is -0.338 e. The van der Waals surface area contributed by atoms with Crippen molar-refractivity contribution in [2.24, 2.45) is 0 Å². The summed E-state index contributed by atoms with van der Waals surface area (Å²) in [5, 5.41) is 2.36. The van der Waals surface area contributed by atoms with Crippen LogP contribution in [0.15, 0.2) is 30.3 Å². The van der Waals surface area contributed by atoms with Crippen molar-refractivity contribution in [1.82, 2.24) is 0 Å². The molecule has 0 spiro atoms. The lowest BCUT2D eigenvalue weighted by Gasteiger charge is -2.05. The van der Waals surface area contributed by atoms with Crippen molar-refractivity contribution in [3.05, 3.63) is 35.9 Å². The van der Waals surface area contributed by atoms with Gasteiger partial charge in [0, 0.05) is 5.56 Å². The molecule has 1 rings (SSSR count). The molecule has 0 aliphatic rings. The van der Waals surface area contributed by atoms with Gasteiger partial charge in [0.2, 0.25) is 0 Å². The summed E-state index contributed by atoms with van der Waals surface area (Å²) in [7, 11) is 4.38. The molecule has 0 unspecified atom stereocenters. The van der Waals surface area contributed by atoms with Crippen LogP contribution in [0.4, 0.5) is 0 Å². The fraction of sp³-hybridized carbons (Fsp3) is 0.455. The number of benzene rings is 1. The van der Waals surface area contributed by atoms with Crippen LogP contribution in [-0.2, 0) is 6.54 Å². The highest BCUT2D eigenvalue weighted by Gasteiger charge is 1.96. The fourth-order valence-electron chi connectivity index (χ4n) is 1.27. The number of quaternary nitrogens is 2. The van der Waals surface area contributed by atoms with Crippen LogP contribution < -0.4 is 10.2 Å². The van der Waals surface area contributed by atoms with Crippen molar-refractivity contribution in [3.8, 4) is 0 Å². The van der Waals surface area contributed by atoms with E-state index in [4.69, 9.17) is 0 Å². The van der Waals surface area contributed by atoms with Gasteiger partial charge in [0.05, 0.1) is 14.1 Å². The van der Waals surface area contributed by atoms with Crippen LogP contribution in [0.5, 0.6) is 0 Å². The first-order valence-electron chi connectivity index (χ1n) is 4.93. The van der Waals surface area contributed by atoms with Gasteiger partial charge in [-0.2, -0.15) is 0 Å². The normalized spacial score (nSPS) is 10.7. The molecule has 3 N–H and O–H groups in total. The fourth-order valence-corrected chi connectivity index (χ4v) is 1.27. The molecule has 0 bridgehead atoms. The van der Waals surface area contributed by atoms with Crippen LogP contribution in [0.2, 0.25) is 0 Å². The monoisotopic (exact) mass is 180 g/mol. The van der Waals surface area contributed by atoms with Crippen molar-refractivity contribution in [2.45, 2.75) is 6.54 Å². The first kappa shape index (κ1) is 10.2. The quantitative estimate of drug-likeness (QED) is 0.537. The lowest BCUT2D eigenvalue weighted by atomic mass is 10.2. The zero-order chi connectivity index (χ0) is 9.52. The van der Waals surface area contributed by atoms with Crippen molar-refractivity contribution in [2.75, 3.05) is 27.2 Å². The highest BCUT2D eigenvalue weighted by Crippen LogP contribution is 1.93. The van der Waals surface area contributed by atoms with Gasteiger partial charge >= 0.3 is 0 Å². The third-order valence-corrected chi connectivity index (χ3v) is 2.07. The summed E-state index contributed by atoms with van der Waals surface area (Å²) in [6.45, 7) is 3.54. The van der Waals surface area contributed by atoms with Crippen LogP contribution in [-0.4, -0.2) is 27.2 Å². The Bertz CT molecular complexity index is 219. The Morgan fingerprint density at radius 2 is 1.85 bits per heavy atom. The summed E-state index contributed by atoms with van der Waals surface area (Å²) in [5.41, 5.74) is 1.41. The number of hydrogen-bond acceptors (Lipinski definition) is 0. The maximum Gasteiger partial charge on any atom is 0.126 e. The summed E-state index contributed by atoms with van der Waals surface area (Å²) >= 11 is 0. The third kappa shape index (κ3) is 4.65. The SMILES string of the molecule is C[NH+](C)CC[NH2+]Cc1ccccc1. The first-order chi connectivity index (χ1) is 6.29. The number of hydrogen-bond donors (Lipinski definition) is 2. The van der Waals surface area contributed by atoms with Gasteiger partial charge in [-0.25, -0.2) is 0 Å². The van der Waals surface area contributed by atoms with E-state index in [2.05, 4.69) is 49.7 Å². The second-order valence-corrected chi connectivity index (χ2v) is 3.72. The van der Waals surface area contributed by atoms with Crippen LogP contribution in [0.3, 0.4) is 0 Å². The smallest absolute Gasteiger partial charge is 0.126 e. The lowest BCUT2D eigenvalue weighted by Crippen LogP contribution is -3.09. The van der Waals surface area contributed by atoms with Crippen molar-refractivity contribution >= 4 is 0 Å². The van der Waals surface area contributed by atoms with E-state index in [0.29, 0.717) is 0 Å². The maximum atomic E-state index is 2.36. The minimum absolute atomic E-state index is 1.11. The Morgan fingerprint density at radius 1 is 1.15 bits per heavy atom. The molecule has 1 aromatic carbocycles. The maximum absolute atomic E-state index is 2.36. The highest BCUT2D eigenvalue weighted by atomic mass is 15.1. The van der Waals surface area contributed by atoms with Crippen molar-refractivity contribution < 1.29 is 10.2 Å². The summed E-state index contributed by atoms with van der Waals surface area (Å²) in [4.78, 5) is 1.52. The highest BCUT2D eigenvalue weighted by molar-refractivity contribution is 5.12. The molecule has 72 valence electrons. The molecule has 0 heterocycles. The van der Waals surface area contributed by atoms with Gasteiger partial charge in [-0.3, -0.25) is 0 Å². The molecule has 1 aromatic rings. The Morgan fingerprint density at radius 3 is 2.46 bits per heavy atom. The van der Waals surface area contributed by atoms with Gasteiger partial charge in [0.15, 0.2) is 0 Å². The molecule has 2 nitrogen and oxygen atoms in total. The molecule has 0 fully saturated rings. The first-order valence-corrected chi connectivity index (χ1v) is 4.93. The Kier molecular flexibility index (Phi) is 4.50. The van der Waals surface area contributed by atoms with Gasteiger partial charge in [-0.15, -0.1) is 0 Å². The molecule has 0 aromatic heterocycles. The zero-order valence-corrected chi connectivity index (χ0v) is 8.59. The number of nitrogens with one attached hydrogen (secondary N) is 1. The third-order valence-electron chi connectivity index (χ3n) is 2.07. The second kappa shape index (κ2) is 5.73. The molecule has 13 heavy (non-hydrogen) atoms. The van der Waals surface area contributed by atoms with Gasteiger partial charge in [0.25, 0.3) is 0 Å². The molecule has 0 aliphatic heterocycles. The molecule has 0 saturated heterocycles. The average Bonchev–Trinajstić information content (AvgIpc) is 2.14. The summed E-state index contributed by atoms with van der Waals surface area (Å²) in [5.74, 6) is 0. The van der Waals surface area contributed by atoms with Crippen LogP contribution in [0.25, 0.3) is 0 Å². The number of nitrogens with two attached hydrogens (primary N) is 1. The van der Waals surface area contributed by atoms with Crippen molar-refractivity contribution in [3.63, 3.8) is 0 Å². The van der Waals surface area contributed by atoms with Crippen LogP contribution in [0, 0.1) is 0 Å². The van der Waals surface area contributed by atoms with E-state index < -0.39 is 0 Å². The van der Waals surface area contributed by atoms with E-state index >= 15 is 0 Å². The number of rotatable bonds is 5. The van der Waals surface area contributed by atoms with Crippen LogP contribution in [0.1, 0.15) is 5.56 Å². The van der Waals surface area contributed by atoms with E-state index in [1.54, 1.807) is 0 Å². The van der Waals surface area contributed by atoms with Gasteiger partial charge < -0.3 is 10.2 Å². The van der Waals surface area contributed by atoms with Gasteiger partial charge in [-0.1, -0.05) is 30.3 Å². The zero-order valence-electron chi connectivity index (χ0n) is 8.59. The van der Waals surface area contributed by atoms with Crippen LogP contribution >= 0.6 is 0 Å². The largest absolute Gasteiger partial charge is 0.338 e. The Labute approximate surface area is 80.6 Å². The van der Waals surface area contributed by atoms with Gasteiger partial charge in [0.1, 0.15) is 19.6 Å². The van der Waals surface area contributed by atoms with E-state index in [-0.39, 0.29) is 0 Å². The predicted octanol–water partition coefficient (Wildman–Crippen LogP) is -1.11. The molecule has 0 atom stereocenters.